The standard InChI is InChI=1S/C24H21FN4O3S/c1-14-9-15(33(2,30)31)3-4-16(14)18-10-26-24(21-13-29-28-12-19(18)21)27-11-20-17-7-8-32-23(17)6-5-22(20)25/h3-6,9-10,12-13H,7-8,11H2,1-2H3,(H,26,27). The Morgan fingerprint density at radius 2 is 1.85 bits per heavy atom. The van der Waals surface area contributed by atoms with Crippen molar-refractivity contribution in [3.63, 3.8) is 0 Å². The van der Waals surface area contributed by atoms with Crippen molar-refractivity contribution in [3.8, 4) is 16.9 Å². The van der Waals surface area contributed by atoms with E-state index in [1.807, 2.05) is 6.92 Å². The van der Waals surface area contributed by atoms with Crippen LogP contribution in [-0.4, -0.2) is 36.5 Å². The lowest BCUT2D eigenvalue weighted by molar-refractivity contribution is 0.356. The molecule has 0 amide bonds. The summed E-state index contributed by atoms with van der Waals surface area (Å²) in [6.07, 6.45) is 6.83. The lowest BCUT2D eigenvalue weighted by Gasteiger charge is -2.15. The topological polar surface area (TPSA) is 94.1 Å². The van der Waals surface area contributed by atoms with Crippen LogP contribution in [0.4, 0.5) is 10.2 Å². The fraction of sp³-hybridized carbons (Fsp3) is 0.208. The number of sulfone groups is 1. The van der Waals surface area contributed by atoms with Crippen LogP contribution in [0.2, 0.25) is 0 Å². The average Bonchev–Trinajstić information content (AvgIpc) is 3.27. The number of nitrogens with zero attached hydrogens (tertiary/aromatic N) is 3. The van der Waals surface area contributed by atoms with Crippen LogP contribution in [-0.2, 0) is 22.8 Å². The number of benzene rings is 2. The smallest absolute Gasteiger partial charge is 0.175 e. The van der Waals surface area contributed by atoms with E-state index in [2.05, 4.69) is 20.5 Å². The Morgan fingerprint density at radius 3 is 2.61 bits per heavy atom. The highest BCUT2D eigenvalue weighted by molar-refractivity contribution is 7.90. The molecule has 0 saturated heterocycles. The molecule has 1 aliphatic heterocycles. The van der Waals surface area contributed by atoms with Crippen LogP contribution in [0.15, 0.2) is 53.8 Å². The lowest BCUT2D eigenvalue weighted by Crippen LogP contribution is -2.07. The quantitative estimate of drug-likeness (QED) is 0.475. The zero-order chi connectivity index (χ0) is 23.2. The molecule has 0 bridgehead atoms. The molecule has 2 aromatic heterocycles. The monoisotopic (exact) mass is 464 g/mol. The van der Waals surface area contributed by atoms with Gasteiger partial charge < -0.3 is 10.1 Å². The van der Waals surface area contributed by atoms with Gasteiger partial charge >= 0.3 is 0 Å². The van der Waals surface area contributed by atoms with Crippen molar-refractivity contribution < 1.29 is 17.5 Å². The number of hydrogen-bond donors (Lipinski definition) is 1. The van der Waals surface area contributed by atoms with Gasteiger partial charge in [0.05, 0.1) is 23.9 Å². The van der Waals surface area contributed by atoms with Crippen LogP contribution in [0.1, 0.15) is 16.7 Å². The fourth-order valence-electron chi connectivity index (χ4n) is 4.20. The third-order valence-electron chi connectivity index (χ3n) is 5.89. The van der Waals surface area contributed by atoms with Crippen molar-refractivity contribution in [2.24, 2.45) is 0 Å². The number of aromatic nitrogens is 3. The Morgan fingerprint density at radius 1 is 1.06 bits per heavy atom. The first kappa shape index (κ1) is 21.3. The molecule has 0 saturated carbocycles. The Hall–Kier alpha value is -3.59. The summed E-state index contributed by atoms with van der Waals surface area (Å²) < 4.78 is 43.9. The molecular formula is C24H21FN4O3S. The fourth-order valence-corrected chi connectivity index (χ4v) is 4.90. The summed E-state index contributed by atoms with van der Waals surface area (Å²) in [5.41, 5.74) is 3.91. The van der Waals surface area contributed by atoms with Crippen molar-refractivity contribution in [1.29, 1.82) is 0 Å². The van der Waals surface area contributed by atoms with E-state index in [-0.39, 0.29) is 17.3 Å². The van der Waals surface area contributed by atoms with Crippen LogP contribution in [0.5, 0.6) is 5.75 Å². The summed E-state index contributed by atoms with van der Waals surface area (Å²) in [6.45, 7) is 2.66. The molecule has 1 N–H and O–H groups in total. The highest BCUT2D eigenvalue weighted by atomic mass is 32.2. The number of anilines is 1. The molecule has 168 valence electrons. The molecule has 0 fully saturated rings. The van der Waals surface area contributed by atoms with E-state index < -0.39 is 9.84 Å². The summed E-state index contributed by atoms with van der Waals surface area (Å²) in [4.78, 5) is 4.85. The van der Waals surface area contributed by atoms with Gasteiger partial charge in [-0.2, -0.15) is 10.2 Å². The average molecular weight is 465 g/mol. The SMILES string of the molecule is Cc1cc(S(C)(=O)=O)ccc1-c1cnc(NCc2c(F)ccc3c2CCO3)c2cnncc12. The number of fused-ring (bicyclic) bond motifs is 2. The highest BCUT2D eigenvalue weighted by Crippen LogP contribution is 2.35. The molecule has 0 atom stereocenters. The molecule has 1 aliphatic rings. The highest BCUT2D eigenvalue weighted by Gasteiger charge is 2.20. The van der Waals surface area contributed by atoms with Gasteiger partial charge in [0, 0.05) is 52.9 Å². The van der Waals surface area contributed by atoms with Crippen molar-refractivity contribution >= 4 is 26.4 Å². The van der Waals surface area contributed by atoms with E-state index in [1.165, 1.54) is 12.3 Å². The minimum absolute atomic E-state index is 0.254. The molecule has 0 spiro atoms. The zero-order valence-electron chi connectivity index (χ0n) is 18.1. The molecule has 4 aromatic rings. The van der Waals surface area contributed by atoms with Gasteiger partial charge in [-0.3, -0.25) is 0 Å². The molecule has 7 nitrogen and oxygen atoms in total. The Balaban J connectivity index is 1.53. The molecule has 3 heterocycles. The number of nitrogens with one attached hydrogen (secondary N) is 1. The molecule has 0 unspecified atom stereocenters. The molecule has 0 radical (unpaired) electrons. The number of pyridine rings is 1. The van der Waals surface area contributed by atoms with Gasteiger partial charge in [0.15, 0.2) is 9.84 Å². The van der Waals surface area contributed by atoms with Gasteiger partial charge in [-0.25, -0.2) is 17.8 Å². The van der Waals surface area contributed by atoms with Gasteiger partial charge in [0.1, 0.15) is 17.4 Å². The predicted molar refractivity (Wildman–Crippen MR) is 124 cm³/mol. The van der Waals surface area contributed by atoms with Crippen molar-refractivity contribution in [3.05, 3.63) is 71.4 Å². The number of rotatable bonds is 5. The molecule has 2 aromatic carbocycles. The maximum atomic E-state index is 14.5. The third kappa shape index (κ3) is 3.89. The maximum Gasteiger partial charge on any atom is 0.175 e. The Labute approximate surface area is 190 Å². The maximum absolute atomic E-state index is 14.5. The van der Waals surface area contributed by atoms with Gasteiger partial charge in [0.25, 0.3) is 0 Å². The second-order valence-corrected chi connectivity index (χ2v) is 10.1. The minimum atomic E-state index is -3.30. The summed E-state index contributed by atoms with van der Waals surface area (Å²) in [6, 6.07) is 8.10. The summed E-state index contributed by atoms with van der Waals surface area (Å²) in [7, 11) is -3.30. The summed E-state index contributed by atoms with van der Waals surface area (Å²) in [5.74, 6) is 0.999. The first-order valence-corrected chi connectivity index (χ1v) is 12.3. The normalized spacial score (nSPS) is 13.1. The van der Waals surface area contributed by atoms with Crippen molar-refractivity contribution in [2.45, 2.75) is 24.8 Å². The summed E-state index contributed by atoms with van der Waals surface area (Å²) >= 11 is 0. The Kier molecular flexibility index (Phi) is 5.20. The number of ether oxygens (including phenoxy) is 1. The van der Waals surface area contributed by atoms with Gasteiger partial charge in [0.2, 0.25) is 0 Å². The zero-order valence-corrected chi connectivity index (χ0v) is 18.9. The number of halogens is 1. The second kappa shape index (κ2) is 8.08. The van der Waals surface area contributed by atoms with E-state index in [1.54, 1.807) is 42.9 Å². The van der Waals surface area contributed by atoms with Crippen molar-refractivity contribution in [1.82, 2.24) is 15.2 Å². The molecule has 9 heteroatoms. The molecule has 5 rings (SSSR count). The largest absolute Gasteiger partial charge is 0.493 e. The van der Waals surface area contributed by atoms with Gasteiger partial charge in [-0.05, 0) is 42.3 Å². The van der Waals surface area contributed by atoms with E-state index in [0.717, 1.165) is 38.8 Å². The first-order chi connectivity index (χ1) is 15.8. The van der Waals surface area contributed by atoms with Crippen LogP contribution < -0.4 is 10.1 Å². The van der Waals surface area contributed by atoms with Gasteiger partial charge in [-0.15, -0.1) is 0 Å². The molecule has 0 aliphatic carbocycles. The summed E-state index contributed by atoms with van der Waals surface area (Å²) in [5, 5.41) is 12.8. The molecular weight excluding hydrogens is 443 g/mol. The Bertz CT molecular complexity index is 1510. The minimum Gasteiger partial charge on any atom is -0.493 e. The van der Waals surface area contributed by atoms with Crippen LogP contribution in [0.3, 0.4) is 0 Å². The van der Waals surface area contributed by atoms with E-state index in [4.69, 9.17) is 4.74 Å². The lowest BCUT2D eigenvalue weighted by atomic mass is 9.98. The third-order valence-corrected chi connectivity index (χ3v) is 7.00. The van der Waals surface area contributed by atoms with E-state index >= 15 is 0 Å². The van der Waals surface area contributed by atoms with E-state index in [9.17, 15) is 12.8 Å². The number of hydrogen-bond acceptors (Lipinski definition) is 7. The first-order valence-electron chi connectivity index (χ1n) is 10.4. The van der Waals surface area contributed by atoms with Crippen LogP contribution in [0.25, 0.3) is 21.9 Å². The second-order valence-electron chi connectivity index (χ2n) is 8.04. The van der Waals surface area contributed by atoms with Gasteiger partial charge in [-0.1, -0.05) is 6.07 Å². The van der Waals surface area contributed by atoms with Crippen molar-refractivity contribution in [2.75, 3.05) is 18.2 Å². The predicted octanol–water partition coefficient (Wildman–Crippen LogP) is 4.09. The molecule has 33 heavy (non-hydrogen) atoms. The van der Waals surface area contributed by atoms with E-state index in [0.29, 0.717) is 24.4 Å². The van der Waals surface area contributed by atoms with Crippen LogP contribution >= 0.6 is 0 Å². The van der Waals surface area contributed by atoms with Crippen LogP contribution in [0, 0.1) is 12.7 Å². The number of aryl methyl sites for hydroxylation is 1.